The summed E-state index contributed by atoms with van der Waals surface area (Å²) in [6.45, 7) is 7.11. The van der Waals surface area contributed by atoms with Crippen LogP contribution in [0.25, 0.3) is 0 Å². The van der Waals surface area contributed by atoms with E-state index < -0.39 is 0 Å². The number of halogens is 1. The van der Waals surface area contributed by atoms with Gasteiger partial charge in [-0.1, -0.05) is 31.2 Å². The van der Waals surface area contributed by atoms with Gasteiger partial charge >= 0.3 is 0 Å². The zero-order valence-corrected chi connectivity index (χ0v) is 16.5. The fourth-order valence-corrected chi connectivity index (χ4v) is 3.84. The smallest absolute Gasteiger partial charge is 0.229 e. The molecule has 2 heterocycles. The molecule has 1 N–H and O–H groups in total. The zero-order chi connectivity index (χ0) is 19.7. The summed E-state index contributed by atoms with van der Waals surface area (Å²) in [4.78, 5) is 11.8. The molecule has 0 saturated carbocycles. The standard InChI is InChI=1S/C23H25FN4/c1-4-19-14-22(28-12-11-17-7-5-6-8-20(17)16(28)3)27-23(25-19)26-21-10-9-18(24)13-15(21)2/h5-10,13-14,16H,4,11-12H2,1-3H3,(H,25,26,27). The lowest BCUT2D eigenvalue weighted by Gasteiger charge is -2.36. The number of aromatic nitrogens is 2. The van der Waals surface area contributed by atoms with Gasteiger partial charge < -0.3 is 10.2 Å². The van der Waals surface area contributed by atoms with Crippen LogP contribution >= 0.6 is 0 Å². The molecule has 1 aliphatic rings. The number of nitrogens with zero attached hydrogens (tertiary/aromatic N) is 3. The number of hydrogen-bond acceptors (Lipinski definition) is 4. The van der Waals surface area contributed by atoms with Crippen LogP contribution in [0.5, 0.6) is 0 Å². The zero-order valence-electron chi connectivity index (χ0n) is 16.5. The van der Waals surface area contributed by atoms with Crippen molar-refractivity contribution in [2.45, 2.75) is 39.7 Å². The van der Waals surface area contributed by atoms with Crippen LogP contribution in [-0.4, -0.2) is 16.5 Å². The summed E-state index contributed by atoms with van der Waals surface area (Å²) in [6.07, 6.45) is 1.83. The Morgan fingerprint density at radius 2 is 1.96 bits per heavy atom. The SMILES string of the molecule is CCc1cc(N2CCc3ccccc3C2C)nc(Nc2ccc(F)cc2C)n1. The molecule has 0 bridgehead atoms. The lowest BCUT2D eigenvalue weighted by Crippen LogP contribution is -2.34. The van der Waals surface area contributed by atoms with E-state index in [9.17, 15) is 4.39 Å². The predicted octanol–water partition coefficient (Wildman–Crippen LogP) is 5.35. The maximum absolute atomic E-state index is 13.4. The van der Waals surface area contributed by atoms with Crippen LogP contribution in [-0.2, 0) is 12.8 Å². The van der Waals surface area contributed by atoms with E-state index in [1.54, 1.807) is 6.07 Å². The van der Waals surface area contributed by atoms with E-state index in [2.05, 4.69) is 59.4 Å². The molecule has 3 aromatic rings. The number of aryl methyl sites for hydroxylation is 2. The molecule has 4 nitrogen and oxygen atoms in total. The van der Waals surface area contributed by atoms with Crippen molar-refractivity contribution >= 4 is 17.5 Å². The average Bonchev–Trinajstić information content (AvgIpc) is 2.70. The van der Waals surface area contributed by atoms with Crippen LogP contribution in [0.15, 0.2) is 48.5 Å². The van der Waals surface area contributed by atoms with Crippen molar-refractivity contribution in [3.63, 3.8) is 0 Å². The Morgan fingerprint density at radius 3 is 2.75 bits per heavy atom. The largest absolute Gasteiger partial charge is 0.349 e. The summed E-state index contributed by atoms with van der Waals surface area (Å²) >= 11 is 0. The Labute approximate surface area is 165 Å². The van der Waals surface area contributed by atoms with Gasteiger partial charge in [0.25, 0.3) is 0 Å². The first kappa shape index (κ1) is 18.4. The lowest BCUT2D eigenvalue weighted by molar-refractivity contribution is 0.616. The third kappa shape index (κ3) is 3.57. The summed E-state index contributed by atoms with van der Waals surface area (Å²) in [5.74, 6) is 1.24. The topological polar surface area (TPSA) is 41.1 Å². The van der Waals surface area contributed by atoms with Gasteiger partial charge in [-0.05, 0) is 61.6 Å². The molecule has 1 aliphatic heterocycles. The molecule has 0 aliphatic carbocycles. The first-order chi connectivity index (χ1) is 13.5. The molecule has 0 fully saturated rings. The van der Waals surface area contributed by atoms with E-state index in [0.717, 1.165) is 42.1 Å². The van der Waals surface area contributed by atoms with Crippen molar-refractivity contribution in [3.8, 4) is 0 Å². The number of rotatable bonds is 4. The van der Waals surface area contributed by atoms with E-state index in [1.807, 2.05) is 6.92 Å². The number of hydrogen-bond donors (Lipinski definition) is 1. The van der Waals surface area contributed by atoms with E-state index in [1.165, 1.54) is 23.3 Å². The molecule has 0 spiro atoms. The molecule has 0 amide bonds. The molecule has 1 atom stereocenters. The monoisotopic (exact) mass is 376 g/mol. The van der Waals surface area contributed by atoms with Crippen LogP contribution in [0.3, 0.4) is 0 Å². The van der Waals surface area contributed by atoms with E-state index in [-0.39, 0.29) is 11.9 Å². The highest BCUT2D eigenvalue weighted by Gasteiger charge is 2.25. The van der Waals surface area contributed by atoms with Crippen molar-refractivity contribution < 1.29 is 4.39 Å². The van der Waals surface area contributed by atoms with Crippen molar-refractivity contribution in [1.29, 1.82) is 0 Å². The summed E-state index contributed by atoms with van der Waals surface area (Å²) in [7, 11) is 0. The molecule has 2 aromatic carbocycles. The molecular weight excluding hydrogens is 351 g/mol. The van der Waals surface area contributed by atoms with Crippen LogP contribution in [0.4, 0.5) is 21.8 Å². The Kier molecular flexibility index (Phi) is 4.99. The Bertz CT molecular complexity index is 1000. The van der Waals surface area contributed by atoms with E-state index in [4.69, 9.17) is 4.98 Å². The van der Waals surface area contributed by atoms with Gasteiger partial charge in [0.15, 0.2) is 0 Å². The second-order valence-corrected chi connectivity index (χ2v) is 7.30. The Morgan fingerprint density at radius 1 is 1.14 bits per heavy atom. The molecule has 28 heavy (non-hydrogen) atoms. The Balaban J connectivity index is 1.67. The first-order valence-corrected chi connectivity index (χ1v) is 9.80. The molecule has 144 valence electrons. The molecule has 1 unspecified atom stereocenters. The molecule has 0 radical (unpaired) electrons. The third-order valence-electron chi connectivity index (χ3n) is 5.45. The minimum absolute atomic E-state index is 0.243. The van der Waals surface area contributed by atoms with E-state index >= 15 is 0 Å². The number of fused-ring (bicyclic) bond motifs is 1. The van der Waals surface area contributed by atoms with Crippen molar-refractivity contribution in [3.05, 3.63) is 76.7 Å². The van der Waals surface area contributed by atoms with Crippen LogP contribution in [0, 0.1) is 12.7 Å². The van der Waals surface area contributed by atoms with Gasteiger partial charge in [-0.25, -0.2) is 9.37 Å². The fraction of sp³-hybridized carbons (Fsp3) is 0.304. The Hall–Kier alpha value is -2.95. The maximum Gasteiger partial charge on any atom is 0.229 e. The van der Waals surface area contributed by atoms with E-state index in [0.29, 0.717) is 5.95 Å². The minimum atomic E-state index is -0.243. The quantitative estimate of drug-likeness (QED) is 0.666. The van der Waals surface area contributed by atoms with Gasteiger partial charge in [0.2, 0.25) is 5.95 Å². The third-order valence-corrected chi connectivity index (χ3v) is 5.45. The lowest BCUT2D eigenvalue weighted by atomic mass is 9.93. The first-order valence-electron chi connectivity index (χ1n) is 9.80. The molecular formula is C23H25FN4. The summed E-state index contributed by atoms with van der Waals surface area (Å²) in [5, 5.41) is 3.27. The molecule has 0 saturated heterocycles. The fourth-order valence-electron chi connectivity index (χ4n) is 3.84. The normalized spacial score (nSPS) is 16.0. The molecule has 1 aromatic heterocycles. The summed E-state index contributed by atoms with van der Waals surface area (Å²) < 4.78 is 13.4. The average molecular weight is 376 g/mol. The molecule has 5 heteroatoms. The van der Waals surface area contributed by atoms with Gasteiger partial charge in [0.1, 0.15) is 11.6 Å². The summed E-state index contributed by atoms with van der Waals surface area (Å²) in [6, 6.07) is 15.6. The van der Waals surface area contributed by atoms with Gasteiger partial charge in [0.05, 0.1) is 6.04 Å². The van der Waals surface area contributed by atoms with Crippen molar-refractivity contribution in [1.82, 2.24) is 9.97 Å². The second kappa shape index (κ2) is 7.58. The number of benzene rings is 2. The summed E-state index contributed by atoms with van der Waals surface area (Å²) in [5.41, 5.74) is 5.40. The second-order valence-electron chi connectivity index (χ2n) is 7.30. The predicted molar refractivity (Wildman–Crippen MR) is 112 cm³/mol. The van der Waals surface area contributed by atoms with Gasteiger partial charge in [-0.2, -0.15) is 4.98 Å². The van der Waals surface area contributed by atoms with Crippen molar-refractivity contribution in [2.24, 2.45) is 0 Å². The van der Waals surface area contributed by atoms with Crippen LogP contribution in [0.2, 0.25) is 0 Å². The highest BCUT2D eigenvalue weighted by atomic mass is 19.1. The van der Waals surface area contributed by atoms with Crippen molar-refractivity contribution in [2.75, 3.05) is 16.8 Å². The maximum atomic E-state index is 13.4. The van der Waals surface area contributed by atoms with Crippen LogP contribution < -0.4 is 10.2 Å². The molecule has 4 rings (SSSR count). The minimum Gasteiger partial charge on any atom is -0.349 e. The van der Waals surface area contributed by atoms with Gasteiger partial charge in [-0.3, -0.25) is 0 Å². The number of anilines is 3. The highest BCUT2D eigenvalue weighted by molar-refractivity contribution is 5.60. The van der Waals surface area contributed by atoms with Crippen LogP contribution in [0.1, 0.15) is 42.3 Å². The van der Waals surface area contributed by atoms with Gasteiger partial charge in [0, 0.05) is 24.0 Å². The highest BCUT2D eigenvalue weighted by Crippen LogP contribution is 2.33. The number of nitrogens with one attached hydrogen (secondary N) is 1. The van der Waals surface area contributed by atoms with Gasteiger partial charge in [-0.15, -0.1) is 0 Å².